The molecule has 4 fully saturated rings. The molecule has 4 aliphatic carbocycles. The number of hydrogen-bond donors (Lipinski definition) is 0. The Labute approximate surface area is 128 Å². The molecule has 0 spiro atoms. The third-order valence-corrected chi connectivity index (χ3v) is 4.28. The zero-order chi connectivity index (χ0) is 8.89. The fourth-order valence-corrected chi connectivity index (χ4v) is 4.28. The van der Waals surface area contributed by atoms with Gasteiger partial charge in [-0.15, -0.1) is 0 Å². The minimum absolute atomic E-state index is 0. The van der Waals surface area contributed by atoms with Crippen LogP contribution in [0.4, 0.5) is 0 Å². The van der Waals surface area contributed by atoms with Gasteiger partial charge in [0.05, 0.1) is 0 Å². The van der Waals surface area contributed by atoms with Gasteiger partial charge in [0.25, 0.3) is 6.47 Å². The molecule has 0 N–H and O–H groups in total. The molecule has 4 rings (SSSR count). The molecule has 0 aromatic rings. The number of carbonyl (C=O) groups is 1. The van der Waals surface area contributed by atoms with E-state index in [0.29, 0.717) is 6.47 Å². The van der Waals surface area contributed by atoms with Crippen molar-refractivity contribution in [2.75, 3.05) is 0 Å². The Morgan fingerprint density at radius 1 is 1.00 bits per heavy atom. The van der Waals surface area contributed by atoms with E-state index in [9.17, 15) is 4.79 Å². The molecule has 74 valence electrons. The first kappa shape index (κ1) is 11.6. The fourth-order valence-electron chi connectivity index (χ4n) is 4.28. The minimum atomic E-state index is -0.0174. The second kappa shape index (κ2) is 4.17. The standard InChI is InChI=1S/C11H16O2.K.H/c12-7-13-11-4-8-1-9(5-11)3-10(2-8)6-11;;/h7-10H,1-6H2;;. The van der Waals surface area contributed by atoms with Gasteiger partial charge in [0.2, 0.25) is 0 Å². The van der Waals surface area contributed by atoms with Crippen LogP contribution in [0.25, 0.3) is 0 Å². The van der Waals surface area contributed by atoms with Crippen LogP contribution in [0, 0.1) is 17.8 Å². The molecule has 0 heterocycles. The van der Waals surface area contributed by atoms with E-state index in [4.69, 9.17) is 4.74 Å². The number of rotatable bonds is 2. The summed E-state index contributed by atoms with van der Waals surface area (Å²) in [7, 11) is 0. The molecule has 0 aromatic heterocycles. The monoisotopic (exact) mass is 220 g/mol. The zero-order valence-corrected chi connectivity index (χ0v) is 7.87. The Morgan fingerprint density at radius 3 is 1.79 bits per heavy atom. The SMILES string of the molecule is O=COC12CC3CC(CC(C3)C1)C2.[KH]. The van der Waals surface area contributed by atoms with Gasteiger partial charge >= 0.3 is 51.4 Å². The van der Waals surface area contributed by atoms with E-state index in [1.807, 2.05) is 0 Å². The number of hydrogen-bond acceptors (Lipinski definition) is 2. The second-order valence-electron chi connectivity index (χ2n) is 5.31. The van der Waals surface area contributed by atoms with Crippen molar-refractivity contribution in [3.8, 4) is 0 Å². The van der Waals surface area contributed by atoms with Crippen LogP contribution in [-0.2, 0) is 9.53 Å². The Balaban J connectivity index is 0.000000750. The number of carbonyl (C=O) groups excluding carboxylic acids is 1. The van der Waals surface area contributed by atoms with Gasteiger partial charge in [0.15, 0.2) is 0 Å². The third-order valence-electron chi connectivity index (χ3n) is 4.28. The fraction of sp³-hybridized carbons (Fsp3) is 0.909. The Kier molecular flexibility index (Phi) is 3.45. The van der Waals surface area contributed by atoms with Gasteiger partial charge < -0.3 is 4.74 Å². The first-order valence-electron chi connectivity index (χ1n) is 5.41. The van der Waals surface area contributed by atoms with E-state index < -0.39 is 0 Å². The van der Waals surface area contributed by atoms with Gasteiger partial charge in [-0.2, -0.15) is 0 Å². The van der Waals surface area contributed by atoms with E-state index >= 15 is 0 Å². The van der Waals surface area contributed by atoms with Crippen molar-refractivity contribution in [3.05, 3.63) is 0 Å². The maximum atomic E-state index is 10.5. The Bertz CT molecular complexity index is 204. The summed E-state index contributed by atoms with van der Waals surface area (Å²) in [5.74, 6) is 2.60. The van der Waals surface area contributed by atoms with Crippen LogP contribution in [0.15, 0.2) is 0 Å². The first-order valence-corrected chi connectivity index (χ1v) is 5.41. The van der Waals surface area contributed by atoms with Gasteiger partial charge in [-0.1, -0.05) is 0 Å². The molecule has 0 aliphatic heterocycles. The molecule has 0 unspecified atom stereocenters. The van der Waals surface area contributed by atoms with Crippen LogP contribution in [0.3, 0.4) is 0 Å². The van der Waals surface area contributed by atoms with Gasteiger partial charge in [0, 0.05) is 0 Å². The summed E-state index contributed by atoms with van der Waals surface area (Å²) in [6.07, 6.45) is 7.66. The molecule has 14 heavy (non-hydrogen) atoms. The van der Waals surface area contributed by atoms with Crippen molar-refractivity contribution >= 4 is 57.9 Å². The van der Waals surface area contributed by atoms with E-state index in [1.165, 1.54) is 19.3 Å². The van der Waals surface area contributed by atoms with E-state index in [1.54, 1.807) is 0 Å². The molecule has 4 aliphatic rings. The predicted molar refractivity (Wildman–Crippen MR) is 55.2 cm³/mol. The molecule has 3 heteroatoms. The summed E-state index contributed by atoms with van der Waals surface area (Å²) in [6, 6.07) is 0. The van der Waals surface area contributed by atoms with Gasteiger partial charge in [-0.25, -0.2) is 0 Å². The molecule has 0 saturated heterocycles. The quantitative estimate of drug-likeness (QED) is 0.520. The van der Waals surface area contributed by atoms with Crippen molar-refractivity contribution in [2.45, 2.75) is 44.1 Å². The van der Waals surface area contributed by atoms with Crippen molar-refractivity contribution in [2.24, 2.45) is 17.8 Å². The Morgan fingerprint density at radius 2 is 1.43 bits per heavy atom. The molecular weight excluding hydrogens is 203 g/mol. The predicted octanol–water partition coefficient (Wildman–Crippen LogP) is 1.48. The molecular formula is C11H17KO2. The zero-order valence-electron chi connectivity index (χ0n) is 7.87. The normalized spacial score (nSPS) is 48.4. The van der Waals surface area contributed by atoms with E-state index in [0.717, 1.165) is 37.0 Å². The summed E-state index contributed by atoms with van der Waals surface area (Å²) in [5, 5.41) is 0. The summed E-state index contributed by atoms with van der Waals surface area (Å²) < 4.78 is 5.36. The van der Waals surface area contributed by atoms with Crippen LogP contribution in [0.1, 0.15) is 38.5 Å². The van der Waals surface area contributed by atoms with Crippen molar-refractivity contribution in [3.63, 3.8) is 0 Å². The summed E-state index contributed by atoms with van der Waals surface area (Å²) in [4.78, 5) is 10.5. The van der Waals surface area contributed by atoms with Gasteiger partial charge in [0.1, 0.15) is 5.60 Å². The molecule has 2 nitrogen and oxygen atoms in total. The van der Waals surface area contributed by atoms with Crippen molar-refractivity contribution in [1.29, 1.82) is 0 Å². The maximum absolute atomic E-state index is 10.5. The molecule has 0 aromatic carbocycles. The molecule has 4 bridgehead atoms. The second-order valence-corrected chi connectivity index (χ2v) is 5.31. The van der Waals surface area contributed by atoms with Crippen LogP contribution in [0.5, 0.6) is 0 Å². The molecule has 0 radical (unpaired) electrons. The topological polar surface area (TPSA) is 26.3 Å². The van der Waals surface area contributed by atoms with E-state index in [-0.39, 0.29) is 57.0 Å². The summed E-state index contributed by atoms with van der Waals surface area (Å²) >= 11 is 0. The first-order chi connectivity index (χ1) is 6.30. The summed E-state index contributed by atoms with van der Waals surface area (Å²) in [5.41, 5.74) is -0.0174. The van der Waals surface area contributed by atoms with E-state index in [2.05, 4.69) is 0 Å². The van der Waals surface area contributed by atoms with Crippen molar-refractivity contribution in [1.82, 2.24) is 0 Å². The number of ether oxygens (including phenoxy) is 1. The summed E-state index contributed by atoms with van der Waals surface area (Å²) in [6.45, 7) is 0.674. The average molecular weight is 220 g/mol. The molecule has 0 atom stereocenters. The van der Waals surface area contributed by atoms with Crippen LogP contribution in [-0.4, -0.2) is 63.5 Å². The van der Waals surface area contributed by atoms with Crippen LogP contribution in [0.2, 0.25) is 0 Å². The van der Waals surface area contributed by atoms with Crippen molar-refractivity contribution < 1.29 is 9.53 Å². The molecule has 4 saturated carbocycles. The average Bonchev–Trinajstić information content (AvgIpc) is 2.00. The molecule has 0 amide bonds. The van der Waals surface area contributed by atoms with Gasteiger partial charge in [-0.3, -0.25) is 4.79 Å². The third kappa shape index (κ3) is 1.86. The van der Waals surface area contributed by atoms with Gasteiger partial charge in [-0.05, 0) is 56.3 Å². The Hall–Kier alpha value is 1.11. The van der Waals surface area contributed by atoms with Crippen LogP contribution >= 0.6 is 0 Å². The van der Waals surface area contributed by atoms with Crippen LogP contribution < -0.4 is 0 Å².